The third-order valence-corrected chi connectivity index (χ3v) is 7.49. The van der Waals surface area contributed by atoms with E-state index in [1.165, 1.54) is 19.6 Å². The van der Waals surface area contributed by atoms with Gasteiger partial charge in [-0.1, -0.05) is 38.1 Å². The molecule has 0 amide bonds. The molecule has 1 aromatic heterocycles. The van der Waals surface area contributed by atoms with Crippen molar-refractivity contribution in [3.05, 3.63) is 83.1 Å². The minimum absolute atomic E-state index is 0.00218. The summed E-state index contributed by atoms with van der Waals surface area (Å²) in [5.74, 6) is -0.131. The van der Waals surface area contributed by atoms with E-state index >= 15 is 0 Å². The van der Waals surface area contributed by atoms with Crippen molar-refractivity contribution in [2.24, 2.45) is 0 Å². The lowest BCUT2D eigenvalue weighted by molar-refractivity contribution is -0.142. The molecule has 1 aliphatic heterocycles. The highest BCUT2D eigenvalue weighted by molar-refractivity contribution is 5.74. The number of esters is 1. The van der Waals surface area contributed by atoms with Crippen molar-refractivity contribution >= 4 is 5.97 Å². The van der Waals surface area contributed by atoms with E-state index in [4.69, 9.17) is 4.74 Å². The molecule has 2 heterocycles. The molecule has 0 aliphatic carbocycles. The average molecular weight is 565 g/mol. The second-order valence-corrected chi connectivity index (χ2v) is 10.9. The van der Waals surface area contributed by atoms with Crippen LogP contribution in [0.25, 0.3) is 11.1 Å². The summed E-state index contributed by atoms with van der Waals surface area (Å²) in [6.45, 7) is 8.28. The van der Waals surface area contributed by atoms with Crippen LogP contribution in [0, 0.1) is 12.7 Å². The molecule has 0 radical (unpaired) electrons. The Hall–Kier alpha value is -3.78. The highest BCUT2D eigenvalue weighted by Gasteiger charge is 2.27. The molecule has 4 rings (SSSR count). The van der Waals surface area contributed by atoms with Crippen molar-refractivity contribution in [3.8, 4) is 22.6 Å². The molecular formula is C33H41FN2O5. The van der Waals surface area contributed by atoms with Gasteiger partial charge in [0.2, 0.25) is 0 Å². The van der Waals surface area contributed by atoms with E-state index in [0.29, 0.717) is 12.2 Å². The molecule has 1 saturated heterocycles. The average Bonchev–Trinajstić information content (AvgIpc) is 3.26. The minimum atomic E-state index is -1.04. The summed E-state index contributed by atoms with van der Waals surface area (Å²) >= 11 is 0. The molecule has 3 aromatic rings. The summed E-state index contributed by atoms with van der Waals surface area (Å²) in [4.78, 5) is 11.5. The van der Waals surface area contributed by atoms with Crippen LogP contribution in [0.2, 0.25) is 0 Å². The summed E-state index contributed by atoms with van der Waals surface area (Å²) < 4.78 is 27.8. The fourth-order valence-electron chi connectivity index (χ4n) is 5.63. The molecular weight excluding hydrogens is 523 g/mol. The first-order chi connectivity index (χ1) is 19.7. The van der Waals surface area contributed by atoms with Crippen LogP contribution in [0.3, 0.4) is 0 Å². The summed E-state index contributed by atoms with van der Waals surface area (Å²) in [5.41, 5.74) is 4.99. The van der Waals surface area contributed by atoms with E-state index in [-0.39, 0.29) is 30.3 Å². The van der Waals surface area contributed by atoms with E-state index in [1.807, 2.05) is 18.2 Å². The smallest absolute Gasteiger partial charge is 0.308 e. The van der Waals surface area contributed by atoms with Gasteiger partial charge in [-0.2, -0.15) is 0 Å². The number of methoxy groups -OCH3 is 1. The van der Waals surface area contributed by atoms with Crippen LogP contribution in [0.15, 0.2) is 60.4 Å². The number of hydrogen-bond acceptors (Lipinski definition) is 6. The largest absolute Gasteiger partial charge is 0.513 e. The zero-order chi connectivity index (χ0) is 29.5. The second-order valence-electron chi connectivity index (χ2n) is 10.9. The minimum Gasteiger partial charge on any atom is -0.513 e. The number of allylic oxidation sites excluding steroid dienone is 1. The van der Waals surface area contributed by atoms with Crippen LogP contribution < -0.4 is 9.75 Å². The van der Waals surface area contributed by atoms with Crippen LogP contribution >= 0.6 is 0 Å². The molecule has 1 aliphatic rings. The van der Waals surface area contributed by atoms with E-state index in [1.54, 1.807) is 30.3 Å². The predicted molar refractivity (Wildman–Crippen MR) is 159 cm³/mol. The Morgan fingerprint density at radius 2 is 1.78 bits per heavy atom. The van der Waals surface area contributed by atoms with E-state index in [2.05, 4.69) is 35.2 Å². The Balaban J connectivity index is 1.78. The molecule has 0 spiro atoms. The predicted octanol–water partition coefficient (Wildman–Crippen LogP) is 6.94. The molecule has 41 heavy (non-hydrogen) atoms. The van der Waals surface area contributed by atoms with E-state index < -0.39 is 17.9 Å². The topological polar surface area (TPSA) is 84.2 Å². The maximum atomic E-state index is 14.9. The van der Waals surface area contributed by atoms with Gasteiger partial charge in [0.15, 0.2) is 11.6 Å². The normalized spacial score (nSPS) is 14.8. The number of aromatic nitrogens is 1. The van der Waals surface area contributed by atoms with Crippen molar-refractivity contribution in [3.63, 3.8) is 0 Å². The standard InChI is InChI=1S/C33H41FN2O5/c1-22(2)33-28(15-14-25(37)20-26(38)21-31(39)40-4)32(23(3)36(33)35-17-9-6-10-18-35)24-13-16-29(34)30(19-24)41-27-11-7-5-8-12-27/h5,7-8,11-14,16,19,22,26,37-38H,6,9-10,15,17-18,20-21H2,1-4H3. The number of carbonyl (C=O) groups is 1. The lowest BCUT2D eigenvalue weighted by atomic mass is 9.94. The number of ether oxygens (including phenoxy) is 2. The Kier molecular flexibility index (Phi) is 10.1. The third kappa shape index (κ3) is 7.30. The molecule has 1 atom stereocenters. The number of aliphatic hydroxyl groups excluding tert-OH is 2. The first-order valence-corrected chi connectivity index (χ1v) is 14.3. The fourth-order valence-corrected chi connectivity index (χ4v) is 5.63. The van der Waals surface area contributed by atoms with Gasteiger partial charge in [-0.15, -0.1) is 0 Å². The maximum absolute atomic E-state index is 14.9. The van der Waals surface area contributed by atoms with Crippen LogP contribution in [0.4, 0.5) is 4.39 Å². The molecule has 0 saturated carbocycles. The van der Waals surface area contributed by atoms with Crippen molar-refractivity contribution < 1.29 is 28.9 Å². The second kappa shape index (κ2) is 13.7. The first-order valence-electron chi connectivity index (χ1n) is 14.3. The van der Waals surface area contributed by atoms with Crippen LogP contribution in [0.1, 0.15) is 68.8 Å². The number of hydrogen-bond donors (Lipinski definition) is 2. The van der Waals surface area contributed by atoms with Gasteiger partial charge in [0, 0.05) is 36.5 Å². The number of rotatable bonds is 11. The number of aliphatic hydroxyl groups is 2. The maximum Gasteiger partial charge on any atom is 0.308 e. The summed E-state index contributed by atoms with van der Waals surface area (Å²) in [6, 6.07) is 14.1. The molecule has 2 aromatic carbocycles. The van der Waals surface area contributed by atoms with E-state index in [0.717, 1.165) is 54.0 Å². The van der Waals surface area contributed by atoms with Crippen LogP contribution in [0.5, 0.6) is 11.5 Å². The Morgan fingerprint density at radius 1 is 1.07 bits per heavy atom. The van der Waals surface area contributed by atoms with Gasteiger partial charge in [0.25, 0.3) is 0 Å². The fraction of sp³-hybridized carbons (Fsp3) is 0.424. The summed E-state index contributed by atoms with van der Waals surface area (Å²) in [7, 11) is 1.26. The van der Waals surface area contributed by atoms with Crippen molar-refractivity contribution in [1.82, 2.24) is 4.68 Å². The van der Waals surface area contributed by atoms with Gasteiger partial charge < -0.3 is 24.7 Å². The lowest BCUT2D eigenvalue weighted by Crippen LogP contribution is -2.41. The molecule has 1 unspecified atom stereocenters. The van der Waals surface area contributed by atoms with Gasteiger partial charge in [-0.05, 0) is 80.0 Å². The van der Waals surface area contributed by atoms with Crippen molar-refractivity contribution in [2.45, 2.75) is 71.3 Å². The number of para-hydroxylation sites is 1. The molecule has 0 bridgehead atoms. The number of benzene rings is 2. The van der Waals surface area contributed by atoms with E-state index in [9.17, 15) is 19.4 Å². The van der Waals surface area contributed by atoms with Crippen molar-refractivity contribution in [1.29, 1.82) is 0 Å². The monoisotopic (exact) mass is 564 g/mol. The van der Waals surface area contributed by atoms with Gasteiger partial charge in [-0.25, -0.2) is 4.39 Å². The molecule has 8 heteroatoms. The number of piperidine rings is 1. The first kappa shape index (κ1) is 30.2. The lowest BCUT2D eigenvalue weighted by Gasteiger charge is -2.34. The molecule has 220 valence electrons. The SMILES string of the molecule is COC(=O)CC(O)CC(O)=CCc1c(-c2ccc(F)c(Oc3ccccc3)c2)c(C)n(N2CCCCC2)c1C(C)C. The summed E-state index contributed by atoms with van der Waals surface area (Å²) in [6.07, 6.45) is 4.23. The number of carbonyl (C=O) groups excluding carboxylic acids is 1. The Morgan fingerprint density at radius 3 is 2.44 bits per heavy atom. The van der Waals surface area contributed by atoms with Gasteiger partial charge in [0.1, 0.15) is 5.75 Å². The van der Waals surface area contributed by atoms with Gasteiger partial charge >= 0.3 is 5.97 Å². The number of nitrogens with zero attached hydrogens (tertiary/aromatic N) is 2. The Bertz CT molecular complexity index is 1360. The molecule has 1 fully saturated rings. The van der Waals surface area contributed by atoms with Gasteiger partial charge in [0.05, 0.1) is 25.4 Å². The zero-order valence-electron chi connectivity index (χ0n) is 24.4. The molecule has 7 nitrogen and oxygen atoms in total. The van der Waals surface area contributed by atoms with Crippen LogP contribution in [-0.2, 0) is 16.0 Å². The molecule has 2 N–H and O–H groups in total. The van der Waals surface area contributed by atoms with Crippen LogP contribution in [-0.4, -0.2) is 47.2 Å². The highest BCUT2D eigenvalue weighted by Crippen LogP contribution is 2.40. The Labute approximate surface area is 241 Å². The van der Waals surface area contributed by atoms with Crippen molar-refractivity contribution in [2.75, 3.05) is 25.2 Å². The number of halogens is 1. The third-order valence-electron chi connectivity index (χ3n) is 7.49. The quantitative estimate of drug-likeness (QED) is 0.194. The zero-order valence-corrected chi connectivity index (χ0v) is 24.4. The highest BCUT2D eigenvalue weighted by atomic mass is 19.1. The summed E-state index contributed by atoms with van der Waals surface area (Å²) in [5, 5.41) is 23.3. The van der Waals surface area contributed by atoms with Gasteiger partial charge in [-0.3, -0.25) is 9.47 Å².